The largest absolute Gasteiger partial charge is 0.386 e. The fourth-order valence-electron chi connectivity index (χ4n) is 1.98. The predicted molar refractivity (Wildman–Crippen MR) is 76.9 cm³/mol. The second kappa shape index (κ2) is 5.63. The zero-order valence-electron chi connectivity index (χ0n) is 11.1. The Morgan fingerprint density at radius 2 is 1.94 bits per heavy atom. The van der Waals surface area contributed by atoms with Crippen molar-refractivity contribution in [2.75, 3.05) is 0 Å². The van der Waals surface area contributed by atoms with Gasteiger partial charge >= 0.3 is 0 Å². The maximum atomic E-state index is 9.57. The van der Waals surface area contributed by atoms with E-state index in [4.69, 9.17) is 0 Å². The summed E-state index contributed by atoms with van der Waals surface area (Å²) in [5.41, 5.74) is 3.50. The van der Waals surface area contributed by atoms with E-state index in [2.05, 4.69) is 43.1 Å². The monoisotopic (exact) mass is 261 g/mol. The molecule has 0 fully saturated rings. The van der Waals surface area contributed by atoms with Gasteiger partial charge in [0.15, 0.2) is 0 Å². The second-order valence-corrected chi connectivity index (χ2v) is 5.81. The summed E-state index contributed by atoms with van der Waals surface area (Å²) in [7, 11) is 0. The molecular weight excluding hydrogens is 242 g/mol. The van der Waals surface area contributed by atoms with Crippen LogP contribution in [0.2, 0.25) is 0 Å². The van der Waals surface area contributed by atoms with E-state index in [9.17, 15) is 5.11 Å². The molecule has 18 heavy (non-hydrogen) atoms. The van der Waals surface area contributed by atoms with Crippen LogP contribution < -0.4 is 0 Å². The van der Waals surface area contributed by atoms with Crippen LogP contribution in [0.3, 0.4) is 0 Å². The van der Waals surface area contributed by atoms with Crippen LogP contribution in [0.25, 0.3) is 11.3 Å². The van der Waals surface area contributed by atoms with Gasteiger partial charge in [-0.05, 0) is 25.8 Å². The molecule has 0 bridgehead atoms. The summed E-state index contributed by atoms with van der Waals surface area (Å²) >= 11 is 1.57. The quantitative estimate of drug-likeness (QED) is 0.898. The lowest BCUT2D eigenvalue weighted by Crippen LogP contribution is -1.89. The fraction of sp³-hybridized carbons (Fsp3) is 0.400. The first-order chi connectivity index (χ1) is 8.61. The van der Waals surface area contributed by atoms with Crippen molar-refractivity contribution in [2.45, 2.75) is 39.7 Å². The number of hydrogen-bond donors (Lipinski definition) is 1. The lowest BCUT2D eigenvalue weighted by atomic mass is 10.1. The van der Waals surface area contributed by atoms with Gasteiger partial charge in [-0.3, -0.25) is 0 Å². The van der Waals surface area contributed by atoms with Crippen molar-refractivity contribution < 1.29 is 5.11 Å². The second-order valence-electron chi connectivity index (χ2n) is 4.58. The van der Waals surface area contributed by atoms with E-state index >= 15 is 0 Å². The fourth-order valence-corrected chi connectivity index (χ4v) is 2.86. The Morgan fingerprint density at radius 3 is 2.44 bits per heavy atom. The Hall–Kier alpha value is -1.19. The molecule has 2 nitrogen and oxygen atoms in total. The van der Waals surface area contributed by atoms with Crippen LogP contribution in [0.5, 0.6) is 0 Å². The van der Waals surface area contributed by atoms with Gasteiger partial charge in [0.1, 0.15) is 11.1 Å². The molecule has 1 heterocycles. The normalized spacial score (nSPS) is 12.7. The number of aliphatic hydroxyl groups is 1. The Balaban J connectivity index is 2.30. The number of aliphatic hydroxyl groups excluding tert-OH is 1. The maximum Gasteiger partial charge on any atom is 0.122 e. The molecule has 1 atom stereocenters. The first-order valence-electron chi connectivity index (χ1n) is 6.36. The number of benzene rings is 1. The number of aryl methyl sites for hydroxylation is 2. The van der Waals surface area contributed by atoms with E-state index in [0.29, 0.717) is 0 Å². The van der Waals surface area contributed by atoms with Gasteiger partial charge in [-0.15, -0.1) is 11.3 Å². The summed E-state index contributed by atoms with van der Waals surface area (Å²) in [5.74, 6) is 0. The van der Waals surface area contributed by atoms with Crippen LogP contribution in [0.15, 0.2) is 24.3 Å². The summed E-state index contributed by atoms with van der Waals surface area (Å²) in [6, 6.07) is 8.58. The average molecular weight is 261 g/mol. The summed E-state index contributed by atoms with van der Waals surface area (Å²) in [5, 5.41) is 10.4. The van der Waals surface area contributed by atoms with Gasteiger partial charge in [0, 0.05) is 10.4 Å². The standard InChI is InChI=1S/C15H19NOS/c1-4-5-12-6-8-13(9-7-12)14-11(3)18-15(16-14)10(2)17/h6-10,17H,4-5H2,1-3H3. The number of aromatic nitrogens is 1. The van der Waals surface area contributed by atoms with Crippen LogP contribution in [0, 0.1) is 6.92 Å². The smallest absolute Gasteiger partial charge is 0.122 e. The zero-order chi connectivity index (χ0) is 13.1. The Labute approximate surface area is 112 Å². The van der Waals surface area contributed by atoms with Crippen LogP contribution >= 0.6 is 11.3 Å². The van der Waals surface area contributed by atoms with E-state index < -0.39 is 6.10 Å². The highest BCUT2D eigenvalue weighted by molar-refractivity contribution is 7.12. The lowest BCUT2D eigenvalue weighted by Gasteiger charge is -2.02. The minimum absolute atomic E-state index is 0.484. The molecule has 3 heteroatoms. The highest BCUT2D eigenvalue weighted by atomic mass is 32.1. The number of nitrogens with zero attached hydrogens (tertiary/aromatic N) is 1. The highest BCUT2D eigenvalue weighted by Gasteiger charge is 2.12. The first-order valence-corrected chi connectivity index (χ1v) is 7.18. The van der Waals surface area contributed by atoms with Gasteiger partial charge in [0.05, 0.1) is 5.69 Å². The topological polar surface area (TPSA) is 33.1 Å². The first kappa shape index (κ1) is 13.2. The molecule has 0 saturated heterocycles. The molecule has 2 rings (SSSR count). The minimum Gasteiger partial charge on any atom is -0.386 e. The van der Waals surface area contributed by atoms with Gasteiger partial charge in [-0.2, -0.15) is 0 Å². The SMILES string of the molecule is CCCc1ccc(-c2nc(C(C)O)sc2C)cc1. The molecule has 1 aromatic carbocycles. The molecule has 1 N–H and O–H groups in total. The molecule has 0 spiro atoms. The van der Waals surface area contributed by atoms with E-state index in [-0.39, 0.29) is 0 Å². The Bertz CT molecular complexity index is 514. The summed E-state index contributed by atoms with van der Waals surface area (Å²) in [6.45, 7) is 6.00. The molecule has 0 amide bonds. The lowest BCUT2D eigenvalue weighted by molar-refractivity contribution is 0.199. The Morgan fingerprint density at radius 1 is 1.28 bits per heavy atom. The van der Waals surface area contributed by atoms with E-state index in [1.807, 2.05) is 0 Å². The maximum absolute atomic E-state index is 9.57. The van der Waals surface area contributed by atoms with Gasteiger partial charge in [-0.1, -0.05) is 37.6 Å². The summed E-state index contributed by atoms with van der Waals surface area (Å²) < 4.78 is 0. The molecule has 1 unspecified atom stereocenters. The Kier molecular flexibility index (Phi) is 4.15. The molecule has 2 aromatic rings. The van der Waals surface area contributed by atoms with Gasteiger partial charge in [0.2, 0.25) is 0 Å². The van der Waals surface area contributed by atoms with Crippen LogP contribution in [-0.4, -0.2) is 10.1 Å². The van der Waals surface area contributed by atoms with Gasteiger partial charge < -0.3 is 5.11 Å². The molecule has 1 aromatic heterocycles. The van der Waals surface area contributed by atoms with Crippen molar-refractivity contribution in [3.63, 3.8) is 0 Å². The number of thiazole rings is 1. The molecular formula is C15H19NOS. The molecule has 0 aliphatic heterocycles. The van der Waals surface area contributed by atoms with E-state index in [1.54, 1.807) is 18.3 Å². The third-order valence-electron chi connectivity index (χ3n) is 2.94. The van der Waals surface area contributed by atoms with Crippen molar-refractivity contribution >= 4 is 11.3 Å². The average Bonchev–Trinajstić information content (AvgIpc) is 2.73. The van der Waals surface area contributed by atoms with Gasteiger partial charge in [-0.25, -0.2) is 4.98 Å². The van der Waals surface area contributed by atoms with Gasteiger partial charge in [0.25, 0.3) is 0 Å². The number of hydrogen-bond acceptors (Lipinski definition) is 3. The summed E-state index contributed by atoms with van der Waals surface area (Å²) in [4.78, 5) is 5.68. The van der Waals surface area contributed by atoms with Crippen molar-refractivity contribution in [2.24, 2.45) is 0 Å². The zero-order valence-corrected chi connectivity index (χ0v) is 11.9. The number of rotatable bonds is 4. The van der Waals surface area contributed by atoms with Crippen molar-refractivity contribution in [3.05, 3.63) is 39.7 Å². The molecule has 0 aliphatic rings. The van der Waals surface area contributed by atoms with Crippen LogP contribution in [0.4, 0.5) is 0 Å². The van der Waals surface area contributed by atoms with Crippen molar-refractivity contribution in [3.8, 4) is 11.3 Å². The molecule has 0 radical (unpaired) electrons. The molecule has 0 saturated carbocycles. The van der Waals surface area contributed by atoms with Crippen LogP contribution in [0.1, 0.15) is 41.8 Å². The molecule has 0 aliphatic carbocycles. The minimum atomic E-state index is -0.484. The third-order valence-corrected chi connectivity index (χ3v) is 4.08. The third kappa shape index (κ3) is 2.79. The van der Waals surface area contributed by atoms with E-state index in [1.165, 1.54) is 12.0 Å². The van der Waals surface area contributed by atoms with E-state index in [0.717, 1.165) is 27.6 Å². The highest BCUT2D eigenvalue weighted by Crippen LogP contribution is 2.30. The van der Waals surface area contributed by atoms with Crippen molar-refractivity contribution in [1.82, 2.24) is 4.98 Å². The molecule has 96 valence electrons. The predicted octanol–water partition coefficient (Wildman–Crippen LogP) is 4.12. The van der Waals surface area contributed by atoms with Crippen molar-refractivity contribution in [1.29, 1.82) is 0 Å². The van der Waals surface area contributed by atoms with Crippen LogP contribution in [-0.2, 0) is 6.42 Å². The summed E-state index contributed by atoms with van der Waals surface area (Å²) in [6.07, 6.45) is 1.80.